The van der Waals surface area contributed by atoms with Crippen LogP contribution in [0.5, 0.6) is 0 Å². The largest absolute Gasteiger partial charge is 0.379 e. The fourth-order valence-electron chi connectivity index (χ4n) is 1.51. The molecule has 0 fully saturated rings. The maximum atomic E-state index is 13.3. The molecule has 0 aliphatic rings. The second-order valence-corrected chi connectivity index (χ2v) is 5.48. The van der Waals surface area contributed by atoms with Crippen LogP contribution in [0.15, 0.2) is 28.2 Å². The third kappa shape index (κ3) is 3.48. The molecule has 0 aliphatic carbocycles. The van der Waals surface area contributed by atoms with Gasteiger partial charge in [0.05, 0.1) is 20.5 Å². The molecular weight excluding hydrogens is 337 g/mol. The van der Waals surface area contributed by atoms with Crippen LogP contribution in [0.1, 0.15) is 5.01 Å². The maximum absolute atomic E-state index is 13.3. The number of rotatable bonds is 5. The van der Waals surface area contributed by atoms with Gasteiger partial charge in [0.2, 0.25) is 0 Å². The molecule has 1 N–H and O–H groups in total. The zero-order valence-corrected chi connectivity index (χ0v) is 12.0. The van der Waals surface area contributed by atoms with Crippen LogP contribution in [0.3, 0.4) is 0 Å². The second-order valence-electron chi connectivity index (χ2n) is 3.64. The zero-order chi connectivity index (χ0) is 13.8. The maximum Gasteiger partial charge on any atom is 0.295 e. The van der Waals surface area contributed by atoms with Crippen LogP contribution in [0, 0.1) is 15.9 Å². The Kier molecular flexibility index (Phi) is 4.43. The molecule has 0 radical (unpaired) electrons. The van der Waals surface area contributed by atoms with Crippen molar-refractivity contribution in [3.63, 3.8) is 0 Å². The molecule has 0 spiro atoms. The number of hydrogen-bond donors (Lipinski definition) is 1. The molecule has 8 heteroatoms. The predicted molar refractivity (Wildman–Crippen MR) is 75.1 cm³/mol. The molecular formula is C11H9BrFN3O2S. The molecule has 1 heterocycles. The van der Waals surface area contributed by atoms with E-state index < -0.39 is 10.7 Å². The van der Waals surface area contributed by atoms with E-state index in [1.165, 1.54) is 17.4 Å². The molecule has 2 rings (SSSR count). The number of aromatic nitrogens is 1. The average molecular weight is 346 g/mol. The first-order chi connectivity index (χ1) is 9.08. The predicted octanol–water partition coefficient (Wildman–Crippen LogP) is 3.61. The molecule has 100 valence electrons. The Hall–Kier alpha value is -1.54. The lowest BCUT2D eigenvalue weighted by molar-refractivity contribution is -0.384. The third-order valence-corrected chi connectivity index (χ3v) is 3.82. The number of halogens is 2. The summed E-state index contributed by atoms with van der Waals surface area (Å²) in [4.78, 5) is 14.4. The van der Waals surface area contributed by atoms with E-state index in [9.17, 15) is 14.5 Å². The van der Waals surface area contributed by atoms with Crippen LogP contribution in [0.4, 0.5) is 15.8 Å². The third-order valence-electron chi connectivity index (χ3n) is 2.37. The highest BCUT2D eigenvalue weighted by Crippen LogP contribution is 2.30. The van der Waals surface area contributed by atoms with Crippen molar-refractivity contribution in [3.8, 4) is 0 Å². The van der Waals surface area contributed by atoms with Crippen molar-refractivity contribution in [2.75, 3.05) is 11.9 Å². The molecule has 1 aromatic heterocycles. The first kappa shape index (κ1) is 13.9. The molecule has 0 aliphatic heterocycles. The van der Waals surface area contributed by atoms with E-state index in [0.29, 0.717) is 13.0 Å². The van der Waals surface area contributed by atoms with E-state index in [2.05, 4.69) is 26.2 Å². The van der Waals surface area contributed by atoms with Gasteiger partial charge in [-0.15, -0.1) is 11.3 Å². The minimum atomic E-state index is -0.655. The molecule has 0 bridgehead atoms. The molecule has 0 saturated heterocycles. The van der Waals surface area contributed by atoms with Gasteiger partial charge in [-0.1, -0.05) is 0 Å². The number of anilines is 1. The zero-order valence-electron chi connectivity index (χ0n) is 9.60. The lowest BCUT2D eigenvalue weighted by atomic mass is 10.2. The molecule has 0 amide bonds. The highest BCUT2D eigenvalue weighted by Gasteiger charge is 2.17. The lowest BCUT2D eigenvalue weighted by Crippen LogP contribution is -2.07. The quantitative estimate of drug-likeness (QED) is 0.663. The van der Waals surface area contributed by atoms with Gasteiger partial charge in [0.1, 0.15) is 11.5 Å². The monoisotopic (exact) mass is 345 g/mol. The van der Waals surface area contributed by atoms with E-state index >= 15 is 0 Å². The first-order valence-electron chi connectivity index (χ1n) is 5.33. The Morgan fingerprint density at radius 1 is 1.53 bits per heavy atom. The number of nitrogens with one attached hydrogen (secondary N) is 1. The average Bonchev–Trinajstić information content (AvgIpc) is 2.86. The summed E-state index contributed by atoms with van der Waals surface area (Å²) in [6.45, 7) is 0.492. The molecule has 5 nitrogen and oxygen atoms in total. The van der Waals surface area contributed by atoms with Gasteiger partial charge in [-0.3, -0.25) is 10.1 Å². The van der Waals surface area contributed by atoms with Crippen molar-refractivity contribution in [2.45, 2.75) is 6.42 Å². The Labute approximate surface area is 120 Å². The summed E-state index contributed by atoms with van der Waals surface area (Å²) in [6, 6.07) is 2.27. The number of thiazole rings is 1. The summed E-state index contributed by atoms with van der Waals surface area (Å²) in [5.74, 6) is -0.655. The fourth-order valence-corrected chi connectivity index (χ4v) is 2.47. The standard InChI is InChI=1S/C11H9BrFN3O2S/c12-7-5-9(10(16(17)18)6-8(7)13)14-2-1-11-15-3-4-19-11/h3-6,14H,1-2H2. The van der Waals surface area contributed by atoms with Gasteiger partial charge in [-0.2, -0.15) is 0 Å². The Morgan fingerprint density at radius 2 is 2.32 bits per heavy atom. The minimum Gasteiger partial charge on any atom is -0.379 e. The normalized spacial score (nSPS) is 10.4. The van der Waals surface area contributed by atoms with Gasteiger partial charge in [-0.05, 0) is 22.0 Å². The Bertz CT molecular complexity index is 592. The Morgan fingerprint density at radius 3 is 2.95 bits per heavy atom. The van der Waals surface area contributed by atoms with Gasteiger partial charge in [0.15, 0.2) is 0 Å². The summed E-state index contributed by atoms with van der Waals surface area (Å²) in [7, 11) is 0. The number of nitro benzene ring substituents is 1. The van der Waals surface area contributed by atoms with Crippen LogP contribution in [-0.4, -0.2) is 16.5 Å². The summed E-state index contributed by atoms with van der Waals surface area (Å²) in [6.07, 6.45) is 2.36. The summed E-state index contributed by atoms with van der Waals surface area (Å²) in [5.41, 5.74) is 0.00895. The second kappa shape index (κ2) is 6.07. The van der Waals surface area contributed by atoms with Crippen LogP contribution in [0.25, 0.3) is 0 Å². The number of nitro groups is 1. The van der Waals surface area contributed by atoms with Gasteiger partial charge >= 0.3 is 0 Å². The van der Waals surface area contributed by atoms with Crippen molar-refractivity contribution < 1.29 is 9.31 Å². The minimum absolute atomic E-state index is 0.190. The number of benzene rings is 1. The van der Waals surface area contributed by atoms with Crippen molar-refractivity contribution in [1.29, 1.82) is 0 Å². The molecule has 2 aromatic rings. The lowest BCUT2D eigenvalue weighted by Gasteiger charge is -2.07. The van der Waals surface area contributed by atoms with Gasteiger partial charge in [-0.25, -0.2) is 9.37 Å². The number of nitrogens with zero attached hydrogens (tertiary/aromatic N) is 2. The SMILES string of the molecule is O=[N+]([O-])c1cc(F)c(Br)cc1NCCc1nccs1. The van der Waals surface area contributed by atoms with Crippen molar-refractivity contribution in [3.05, 3.63) is 49.1 Å². The van der Waals surface area contributed by atoms with Gasteiger partial charge in [0.25, 0.3) is 5.69 Å². The van der Waals surface area contributed by atoms with E-state index in [1.807, 2.05) is 5.38 Å². The van der Waals surface area contributed by atoms with Crippen molar-refractivity contribution >= 4 is 38.6 Å². The van der Waals surface area contributed by atoms with E-state index in [1.54, 1.807) is 6.20 Å². The van der Waals surface area contributed by atoms with Gasteiger partial charge in [0, 0.05) is 24.5 Å². The fraction of sp³-hybridized carbons (Fsp3) is 0.182. The van der Waals surface area contributed by atoms with Crippen molar-refractivity contribution in [1.82, 2.24) is 4.98 Å². The van der Waals surface area contributed by atoms with Crippen LogP contribution < -0.4 is 5.32 Å². The first-order valence-corrected chi connectivity index (χ1v) is 7.01. The van der Waals surface area contributed by atoms with Crippen molar-refractivity contribution in [2.24, 2.45) is 0 Å². The molecule has 19 heavy (non-hydrogen) atoms. The van der Waals surface area contributed by atoms with E-state index in [-0.39, 0.29) is 15.8 Å². The smallest absolute Gasteiger partial charge is 0.295 e. The number of hydrogen-bond acceptors (Lipinski definition) is 5. The molecule has 0 unspecified atom stereocenters. The van der Waals surface area contributed by atoms with Crippen LogP contribution >= 0.6 is 27.3 Å². The topological polar surface area (TPSA) is 68.1 Å². The Balaban J connectivity index is 2.10. The van der Waals surface area contributed by atoms with Crippen LogP contribution in [0.2, 0.25) is 0 Å². The van der Waals surface area contributed by atoms with E-state index in [0.717, 1.165) is 11.1 Å². The highest BCUT2D eigenvalue weighted by molar-refractivity contribution is 9.10. The summed E-state index contributed by atoms with van der Waals surface area (Å²) < 4.78 is 13.5. The summed E-state index contributed by atoms with van der Waals surface area (Å²) >= 11 is 4.53. The summed E-state index contributed by atoms with van der Waals surface area (Å²) in [5, 5.41) is 16.6. The highest BCUT2D eigenvalue weighted by atomic mass is 79.9. The van der Waals surface area contributed by atoms with Gasteiger partial charge < -0.3 is 5.32 Å². The van der Waals surface area contributed by atoms with Crippen LogP contribution in [-0.2, 0) is 6.42 Å². The van der Waals surface area contributed by atoms with E-state index in [4.69, 9.17) is 0 Å². The molecule has 0 saturated carbocycles. The molecule has 1 aromatic carbocycles. The molecule has 0 atom stereocenters.